The van der Waals surface area contributed by atoms with E-state index in [-0.39, 0.29) is 17.6 Å². The Morgan fingerprint density at radius 2 is 1.24 bits per heavy atom. The Hall–Kier alpha value is -0.900. The van der Waals surface area contributed by atoms with E-state index < -0.39 is 5.97 Å². The number of rotatable bonds is 3. The SMILES string of the molecule is O=C([CH]O)C1CCCCC1.[CH2]C.[O]C(=O)C1CCCCC1. The molecule has 4 nitrogen and oxygen atoms in total. The quantitative estimate of drug-likeness (QED) is 0.854. The maximum atomic E-state index is 10.9. The van der Waals surface area contributed by atoms with Crippen molar-refractivity contribution in [1.82, 2.24) is 0 Å². The summed E-state index contributed by atoms with van der Waals surface area (Å²) in [6, 6.07) is 0. The minimum absolute atomic E-state index is 0.0836. The van der Waals surface area contributed by atoms with Crippen molar-refractivity contribution >= 4 is 11.8 Å². The highest BCUT2D eigenvalue weighted by Gasteiger charge is 2.21. The molecule has 0 atom stereocenters. The molecule has 1 N–H and O–H groups in total. The summed E-state index contributed by atoms with van der Waals surface area (Å²) >= 11 is 0. The van der Waals surface area contributed by atoms with Crippen LogP contribution in [0.5, 0.6) is 0 Å². The van der Waals surface area contributed by atoms with Gasteiger partial charge in [-0.1, -0.05) is 52.4 Å². The lowest BCUT2D eigenvalue weighted by Crippen LogP contribution is -2.17. The minimum atomic E-state index is -0.852. The maximum Gasteiger partial charge on any atom is 0.358 e. The first kappa shape index (κ1) is 20.1. The second kappa shape index (κ2) is 12.8. The van der Waals surface area contributed by atoms with E-state index in [4.69, 9.17) is 5.11 Å². The molecule has 0 bridgehead atoms. The molecule has 0 heterocycles. The van der Waals surface area contributed by atoms with E-state index in [9.17, 15) is 14.7 Å². The number of carbonyl (C=O) groups is 2. The average molecular weight is 297 g/mol. The Kier molecular flexibility index (Phi) is 12.3. The molecule has 2 aliphatic carbocycles. The number of aliphatic hydroxyl groups is 1. The third kappa shape index (κ3) is 8.86. The number of aliphatic hydroxyl groups excluding tert-OH is 1. The van der Waals surface area contributed by atoms with Crippen LogP contribution in [0.3, 0.4) is 0 Å². The normalized spacial score (nSPS) is 19.6. The van der Waals surface area contributed by atoms with Crippen molar-refractivity contribution in [3.8, 4) is 0 Å². The predicted octanol–water partition coefficient (Wildman–Crippen LogP) is 4.03. The van der Waals surface area contributed by atoms with Gasteiger partial charge >= 0.3 is 5.97 Å². The Morgan fingerprint density at radius 3 is 1.52 bits per heavy atom. The Labute approximate surface area is 128 Å². The van der Waals surface area contributed by atoms with Gasteiger partial charge in [0.25, 0.3) is 0 Å². The van der Waals surface area contributed by atoms with Crippen molar-refractivity contribution < 1.29 is 19.8 Å². The van der Waals surface area contributed by atoms with Gasteiger partial charge in [0.15, 0.2) is 5.78 Å². The van der Waals surface area contributed by atoms with Gasteiger partial charge in [0.05, 0.1) is 5.92 Å². The van der Waals surface area contributed by atoms with Crippen LogP contribution >= 0.6 is 0 Å². The van der Waals surface area contributed by atoms with E-state index in [0.717, 1.165) is 58.0 Å². The van der Waals surface area contributed by atoms with Crippen molar-refractivity contribution in [3.05, 3.63) is 13.5 Å². The molecule has 121 valence electrons. The predicted molar refractivity (Wildman–Crippen MR) is 81.1 cm³/mol. The van der Waals surface area contributed by atoms with Crippen molar-refractivity contribution in [2.75, 3.05) is 0 Å². The molecule has 0 saturated heterocycles. The van der Waals surface area contributed by atoms with Gasteiger partial charge in [-0.3, -0.25) is 4.79 Å². The minimum Gasteiger partial charge on any atom is -0.382 e. The monoisotopic (exact) mass is 297 g/mol. The molecule has 0 aliphatic heterocycles. The first-order valence-corrected chi connectivity index (χ1v) is 8.08. The van der Waals surface area contributed by atoms with E-state index >= 15 is 0 Å². The number of hydrogen-bond donors (Lipinski definition) is 1. The lowest BCUT2D eigenvalue weighted by Gasteiger charge is -2.18. The summed E-state index contributed by atoms with van der Waals surface area (Å²) in [6.07, 6.45) is 10.5. The standard InChI is InChI=1S/C8H13O2.C7H11O2.C2H5/c9-6-8(10)7-4-2-1-3-5-7;8-7(9)6-4-2-1-3-5-6;1-2/h6-7,9H,1-5H2;6H,1-5H2;1H2,2H3. The number of Topliss-reactive ketones (excluding diaryl/α,β-unsaturated/α-hetero) is 1. The van der Waals surface area contributed by atoms with Gasteiger partial charge in [-0.15, -0.1) is 0 Å². The van der Waals surface area contributed by atoms with E-state index in [2.05, 4.69) is 6.92 Å². The van der Waals surface area contributed by atoms with Crippen LogP contribution in [0.1, 0.15) is 71.1 Å². The first-order chi connectivity index (χ1) is 10.1. The van der Waals surface area contributed by atoms with Crippen LogP contribution in [0.2, 0.25) is 0 Å². The summed E-state index contributed by atoms with van der Waals surface area (Å²) in [7, 11) is 0. The summed E-state index contributed by atoms with van der Waals surface area (Å²) < 4.78 is 0. The number of ketones is 1. The molecule has 21 heavy (non-hydrogen) atoms. The zero-order valence-electron chi connectivity index (χ0n) is 13.2. The van der Waals surface area contributed by atoms with Gasteiger partial charge in [-0.05, 0) is 25.7 Å². The van der Waals surface area contributed by atoms with Gasteiger partial charge in [-0.2, -0.15) is 0 Å². The lowest BCUT2D eigenvalue weighted by atomic mass is 9.86. The average Bonchev–Trinajstić information content (AvgIpc) is 2.58. The molecule has 0 aromatic rings. The molecule has 0 aromatic heterocycles. The topological polar surface area (TPSA) is 74.3 Å². The summed E-state index contributed by atoms with van der Waals surface area (Å²) in [6.45, 7) is 5.72. The van der Waals surface area contributed by atoms with Crippen LogP contribution in [0.15, 0.2) is 0 Å². The van der Waals surface area contributed by atoms with Gasteiger partial charge in [0.1, 0.15) is 6.61 Å². The highest BCUT2D eigenvalue weighted by molar-refractivity contribution is 5.87. The van der Waals surface area contributed by atoms with E-state index in [1.54, 1.807) is 6.92 Å². The number of carbonyl (C=O) groups excluding carboxylic acids is 2. The Balaban J connectivity index is 0.000000342. The summed E-state index contributed by atoms with van der Waals surface area (Å²) in [5.41, 5.74) is 0. The van der Waals surface area contributed by atoms with Crippen LogP contribution < -0.4 is 0 Å². The van der Waals surface area contributed by atoms with E-state index in [0.29, 0.717) is 0 Å². The molecular weight excluding hydrogens is 268 g/mol. The van der Waals surface area contributed by atoms with Crippen molar-refractivity contribution in [1.29, 1.82) is 0 Å². The molecule has 2 fully saturated rings. The van der Waals surface area contributed by atoms with Gasteiger partial charge in [-0.25, -0.2) is 9.90 Å². The number of hydrogen-bond acceptors (Lipinski definition) is 3. The van der Waals surface area contributed by atoms with Crippen LogP contribution in [0.4, 0.5) is 0 Å². The van der Waals surface area contributed by atoms with Gasteiger partial charge < -0.3 is 5.11 Å². The van der Waals surface area contributed by atoms with Crippen molar-refractivity contribution in [3.63, 3.8) is 0 Å². The van der Waals surface area contributed by atoms with Crippen LogP contribution in [0, 0.1) is 25.4 Å². The lowest BCUT2D eigenvalue weighted by molar-refractivity contribution is -0.149. The zero-order chi connectivity index (χ0) is 16.1. The van der Waals surface area contributed by atoms with Crippen LogP contribution in [0.25, 0.3) is 0 Å². The largest absolute Gasteiger partial charge is 0.382 e. The van der Waals surface area contributed by atoms with Crippen LogP contribution in [-0.4, -0.2) is 16.9 Å². The summed E-state index contributed by atoms with van der Waals surface area (Å²) in [5, 5.41) is 18.7. The third-order valence-electron chi connectivity index (χ3n) is 4.07. The molecule has 2 saturated carbocycles. The van der Waals surface area contributed by atoms with Crippen molar-refractivity contribution in [2.24, 2.45) is 11.8 Å². The highest BCUT2D eigenvalue weighted by atomic mass is 16.4. The summed E-state index contributed by atoms with van der Waals surface area (Å²) in [5.74, 6) is -0.952. The molecule has 2 aliphatic rings. The molecule has 4 heteroatoms. The van der Waals surface area contributed by atoms with Gasteiger partial charge in [0.2, 0.25) is 0 Å². The van der Waals surface area contributed by atoms with E-state index in [1.807, 2.05) is 0 Å². The second-order valence-electron chi connectivity index (χ2n) is 5.52. The Morgan fingerprint density at radius 1 is 0.857 bits per heavy atom. The third-order valence-corrected chi connectivity index (χ3v) is 4.07. The molecule has 2 rings (SSSR count). The van der Waals surface area contributed by atoms with Gasteiger partial charge in [0, 0.05) is 5.92 Å². The fraction of sp³-hybridized carbons (Fsp3) is 0.765. The Bertz CT molecular complexity index is 277. The zero-order valence-corrected chi connectivity index (χ0v) is 13.2. The second-order valence-corrected chi connectivity index (χ2v) is 5.52. The molecule has 0 unspecified atom stereocenters. The summed E-state index contributed by atoms with van der Waals surface area (Å²) in [4.78, 5) is 21.1. The maximum absolute atomic E-state index is 10.9. The molecule has 3 radical (unpaired) electrons. The van der Waals surface area contributed by atoms with Crippen molar-refractivity contribution in [2.45, 2.75) is 71.1 Å². The van der Waals surface area contributed by atoms with E-state index in [1.165, 1.54) is 12.8 Å². The first-order valence-electron chi connectivity index (χ1n) is 8.08. The fourth-order valence-electron chi connectivity index (χ4n) is 2.83. The molecule has 0 aromatic carbocycles. The fourth-order valence-corrected chi connectivity index (χ4v) is 2.83. The van der Waals surface area contributed by atoms with Crippen LogP contribution in [-0.2, 0) is 14.7 Å². The molecule has 0 spiro atoms. The molecule has 0 amide bonds. The highest BCUT2D eigenvalue weighted by Crippen LogP contribution is 2.24. The molecular formula is C17H29O4. The smallest absolute Gasteiger partial charge is 0.358 e.